The van der Waals surface area contributed by atoms with E-state index in [1.54, 1.807) is 25.1 Å². The highest BCUT2D eigenvalue weighted by molar-refractivity contribution is 14.1. The molecular weight excluding hydrogens is 548 g/mol. The monoisotopic (exact) mass is 559 g/mol. The van der Waals surface area contributed by atoms with Crippen LogP contribution >= 0.6 is 56.9 Å². The van der Waals surface area contributed by atoms with E-state index in [1.165, 1.54) is 4.90 Å². The lowest BCUT2D eigenvalue weighted by Gasteiger charge is -2.10. The molecule has 0 atom stereocenters. The summed E-state index contributed by atoms with van der Waals surface area (Å²) in [4.78, 5) is 36.0. The predicted molar refractivity (Wildman–Crippen MR) is 103 cm³/mol. The summed E-state index contributed by atoms with van der Waals surface area (Å²) in [5.74, 6) is -0.847. The van der Waals surface area contributed by atoms with Crippen LogP contribution in [-0.4, -0.2) is 40.3 Å². The maximum Gasteiger partial charge on any atom is 0.341 e. The zero-order chi connectivity index (χ0) is 17.1. The first-order valence-electron chi connectivity index (χ1n) is 6.42. The fourth-order valence-electron chi connectivity index (χ4n) is 1.86. The van der Waals surface area contributed by atoms with Crippen LogP contribution in [-0.2, 0) is 9.59 Å². The first-order chi connectivity index (χ1) is 10.8. The van der Waals surface area contributed by atoms with Crippen LogP contribution in [0.1, 0.15) is 12.5 Å². The number of carbonyl (C=O) groups excluding carboxylic acids is 2. The number of likely N-dealkylation sites (N-methyl/N-ethyl adjacent to an activating group) is 1. The van der Waals surface area contributed by atoms with Crippen molar-refractivity contribution in [2.24, 2.45) is 0 Å². The van der Waals surface area contributed by atoms with Crippen LogP contribution in [0.25, 0.3) is 6.08 Å². The molecule has 0 aromatic heterocycles. The number of halogens is 2. The number of hydrogen-bond donors (Lipinski definition) is 1. The first-order valence-corrected chi connectivity index (χ1v) is 9.40. The van der Waals surface area contributed by atoms with Crippen molar-refractivity contribution < 1.29 is 24.2 Å². The molecule has 122 valence electrons. The number of aliphatic carboxylic acids is 1. The Morgan fingerprint density at radius 1 is 1.35 bits per heavy atom. The summed E-state index contributed by atoms with van der Waals surface area (Å²) >= 11 is 5.01. The third-order valence-electron chi connectivity index (χ3n) is 2.85. The largest absolute Gasteiger partial charge is 0.480 e. The average molecular weight is 559 g/mol. The topological polar surface area (TPSA) is 83.9 Å². The van der Waals surface area contributed by atoms with Gasteiger partial charge in [-0.1, -0.05) is 0 Å². The highest BCUT2D eigenvalue weighted by Gasteiger charge is 2.33. The number of ether oxygens (including phenoxy) is 1. The standard InChI is InChI=1S/C14H11I2NO5S/c1-2-17-13(20)10(23-14(17)21)5-7-3-8(15)12(9(16)4-7)22-6-11(18)19/h3-5H,2,6H2,1H3,(H,18,19)/b10-5+. The summed E-state index contributed by atoms with van der Waals surface area (Å²) in [5.41, 5.74) is 0.753. The van der Waals surface area contributed by atoms with E-state index in [9.17, 15) is 14.4 Å². The quantitative estimate of drug-likeness (QED) is 0.440. The van der Waals surface area contributed by atoms with Crippen molar-refractivity contribution in [3.05, 3.63) is 29.7 Å². The number of benzene rings is 1. The molecule has 9 heteroatoms. The lowest BCUT2D eigenvalue weighted by molar-refractivity contribution is -0.139. The minimum Gasteiger partial charge on any atom is -0.480 e. The Morgan fingerprint density at radius 2 is 1.96 bits per heavy atom. The number of amides is 2. The average Bonchev–Trinajstić information content (AvgIpc) is 2.71. The molecule has 6 nitrogen and oxygen atoms in total. The Hall–Kier alpha value is -0.820. The molecule has 2 rings (SSSR count). The number of imide groups is 1. The molecule has 0 radical (unpaired) electrons. The number of thioether (sulfide) groups is 1. The van der Waals surface area contributed by atoms with Gasteiger partial charge < -0.3 is 9.84 Å². The van der Waals surface area contributed by atoms with Crippen molar-refractivity contribution in [3.8, 4) is 5.75 Å². The molecule has 1 fully saturated rings. The number of carboxylic acids is 1. The molecular formula is C14H11I2NO5S. The molecule has 1 N–H and O–H groups in total. The molecule has 1 saturated heterocycles. The summed E-state index contributed by atoms with van der Waals surface area (Å²) in [6, 6.07) is 3.56. The zero-order valence-electron chi connectivity index (χ0n) is 11.8. The predicted octanol–water partition coefficient (Wildman–Crippen LogP) is 3.42. The van der Waals surface area contributed by atoms with E-state index in [0.717, 1.165) is 24.5 Å². The number of carboxylic acid groups (broad SMARTS) is 1. The van der Waals surface area contributed by atoms with Crippen molar-refractivity contribution in [1.82, 2.24) is 4.90 Å². The lowest BCUT2D eigenvalue weighted by Crippen LogP contribution is -2.27. The van der Waals surface area contributed by atoms with Crippen LogP contribution in [0.3, 0.4) is 0 Å². The number of hydrogen-bond acceptors (Lipinski definition) is 5. The van der Waals surface area contributed by atoms with E-state index in [4.69, 9.17) is 9.84 Å². The normalized spacial score (nSPS) is 16.3. The van der Waals surface area contributed by atoms with E-state index < -0.39 is 12.6 Å². The van der Waals surface area contributed by atoms with Gasteiger partial charge in [0.25, 0.3) is 11.1 Å². The summed E-state index contributed by atoms with van der Waals surface area (Å²) in [6.07, 6.45) is 1.66. The number of nitrogens with zero attached hydrogens (tertiary/aromatic N) is 1. The summed E-state index contributed by atoms with van der Waals surface area (Å²) in [6.45, 7) is 1.68. The second-order valence-corrected chi connectivity index (χ2v) is 7.74. The summed E-state index contributed by atoms with van der Waals surface area (Å²) in [7, 11) is 0. The highest BCUT2D eigenvalue weighted by Crippen LogP contribution is 2.34. The van der Waals surface area contributed by atoms with Gasteiger partial charge in [0.1, 0.15) is 5.75 Å². The third-order valence-corrected chi connectivity index (χ3v) is 5.36. The molecule has 1 aromatic carbocycles. The maximum atomic E-state index is 12.1. The van der Waals surface area contributed by atoms with E-state index >= 15 is 0 Å². The number of carbonyl (C=O) groups is 3. The van der Waals surface area contributed by atoms with E-state index in [0.29, 0.717) is 17.2 Å². The molecule has 0 spiro atoms. The van der Waals surface area contributed by atoms with Crippen molar-refractivity contribution in [2.45, 2.75) is 6.92 Å². The molecule has 0 saturated carbocycles. The Bertz CT molecular complexity index is 696. The molecule has 23 heavy (non-hydrogen) atoms. The highest BCUT2D eigenvalue weighted by atomic mass is 127. The van der Waals surface area contributed by atoms with Crippen LogP contribution in [0.5, 0.6) is 5.75 Å². The Kier molecular flexibility index (Phi) is 6.31. The van der Waals surface area contributed by atoms with Gasteiger partial charge in [-0.2, -0.15) is 0 Å². The van der Waals surface area contributed by atoms with Crippen LogP contribution in [0.15, 0.2) is 17.0 Å². The van der Waals surface area contributed by atoms with Crippen molar-refractivity contribution in [1.29, 1.82) is 0 Å². The van der Waals surface area contributed by atoms with E-state index in [2.05, 4.69) is 0 Å². The molecule has 1 aliphatic rings. The lowest BCUT2D eigenvalue weighted by atomic mass is 10.2. The van der Waals surface area contributed by atoms with Gasteiger partial charge in [0, 0.05) is 6.54 Å². The molecule has 0 unspecified atom stereocenters. The van der Waals surface area contributed by atoms with Crippen LogP contribution in [0, 0.1) is 7.14 Å². The Balaban J connectivity index is 2.28. The molecule has 2 amide bonds. The summed E-state index contributed by atoms with van der Waals surface area (Å²) in [5, 5.41) is 8.42. The van der Waals surface area contributed by atoms with Crippen LogP contribution in [0.4, 0.5) is 4.79 Å². The van der Waals surface area contributed by atoms with E-state index in [1.807, 2.05) is 45.2 Å². The van der Waals surface area contributed by atoms with Gasteiger partial charge in [0.05, 0.1) is 12.0 Å². The number of rotatable bonds is 5. The van der Waals surface area contributed by atoms with Gasteiger partial charge in [-0.15, -0.1) is 0 Å². The minimum absolute atomic E-state index is 0.269. The molecule has 0 aliphatic carbocycles. The van der Waals surface area contributed by atoms with Gasteiger partial charge in [-0.05, 0) is 87.6 Å². The van der Waals surface area contributed by atoms with Gasteiger partial charge in [0.15, 0.2) is 6.61 Å². The second kappa shape index (κ2) is 7.83. The van der Waals surface area contributed by atoms with Crippen molar-refractivity contribution in [3.63, 3.8) is 0 Å². The van der Waals surface area contributed by atoms with Gasteiger partial charge in [-0.3, -0.25) is 14.5 Å². The maximum absolute atomic E-state index is 12.1. The van der Waals surface area contributed by atoms with Crippen molar-refractivity contribution >= 4 is 80.1 Å². The summed E-state index contributed by atoms with van der Waals surface area (Å²) < 4.78 is 6.72. The van der Waals surface area contributed by atoms with Crippen LogP contribution in [0.2, 0.25) is 0 Å². The van der Waals surface area contributed by atoms with Crippen LogP contribution < -0.4 is 4.74 Å². The zero-order valence-corrected chi connectivity index (χ0v) is 17.0. The second-order valence-electron chi connectivity index (χ2n) is 4.42. The Labute approximate surface area is 163 Å². The smallest absolute Gasteiger partial charge is 0.341 e. The third kappa shape index (κ3) is 4.38. The molecule has 1 heterocycles. The minimum atomic E-state index is -1.05. The molecule has 1 aliphatic heterocycles. The SMILES string of the molecule is CCN1C(=O)S/C(=C/c2cc(I)c(OCC(=O)O)c(I)c2)C1=O. The fraction of sp³-hybridized carbons (Fsp3) is 0.214. The fourth-order valence-corrected chi connectivity index (χ4v) is 4.89. The Morgan fingerprint density at radius 3 is 2.43 bits per heavy atom. The molecule has 0 bridgehead atoms. The first kappa shape index (κ1) is 18.5. The molecule has 1 aromatic rings. The van der Waals surface area contributed by atoms with Gasteiger partial charge >= 0.3 is 5.97 Å². The van der Waals surface area contributed by atoms with Gasteiger partial charge in [0.2, 0.25) is 0 Å². The van der Waals surface area contributed by atoms with E-state index in [-0.39, 0.29) is 11.1 Å². The van der Waals surface area contributed by atoms with Gasteiger partial charge in [-0.25, -0.2) is 4.79 Å². The van der Waals surface area contributed by atoms with Crippen molar-refractivity contribution in [2.75, 3.05) is 13.2 Å².